The molecular formula is C15H23N3O2S. The molecule has 2 saturated heterocycles. The van der Waals surface area contributed by atoms with Crippen LogP contribution in [0.2, 0.25) is 0 Å². The molecule has 0 amide bonds. The third kappa shape index (κ3) is 3.07. The summed E-state index contributed by atoms with van der Waals surface area (Å²) in [6.45, 7) is 4.00. The van der Waals surface area contributed by atoms with Crippen molar-refractivity contribution in [3.8, 4) is 0 Å². The molecule has 2 heterocycles. The highest BCUT2D eigenvalue weighted by Crippen LogP contribution is 2.29. The minimum atomic E-state index is -3.43. The average Bonchev–Trinajstić information content (AvgIpc) is 2.78. The molecule has 3 rings (SSSR count). The highest BCUT2D eigenvalue weighted by molar-refractivity contribution is 7.89. The van der Waals surface area contributed by atoms with Crippen molar-refractivity contribution in [2.75, 3.05) is 24.5 Å². The van der Waals surface area contributed by atoms with Gasteiger partial charge in [0.25, 0.3) is 0 Å². The largest absolute Gasteiger partial charge is 0.369 e. The van der Waals surface area contributed by atoms with E-state index < -0.39 is 10.0 Å². The van der Waals surface area contributed by atoms with Gasteiger partial charge in [0.1, 0.15) is 4.90 Å². The summed E-state index contributed by atoms with van der Waals surface area (Å²) in [5.74, 6) is 0. The lowest BCUT2D eigenvalue weighted by atomic mass is 10.1. The summed E-state index contributed by atoms with van der Waals surface area (Å²) in [5.41, 5.74) is 0.827. The summed E-state index contributed by atoms with van der Waals surface area (Å²) in [7, 11) is -3.43. The number of benzene rings is 1. The molecule has 2 fully saturated rings. The summed E-state index contributed by atoms with van der Waals surface area (Å²) < 4.78 is 27.4. The predicted octanol–water partition coefficient (Wildman–Crippen LogP) is 1.32. The van der Waals surface area contributed by atoms with Crippen LogP contribution in [0.4, 0.5) is 5.69 Å². The van der Waals surface area contributed by atoms with E-state index in [4.69, 9.17) is 0 Å². The van der Waals surface area contributed by atoms with Crippen molar-refractivity contribution in [3.63, 3.8) is 0 Å². The van der Waals surface area contributed by atoms with E-state index in [0.717, 1.165) is 25.2 Å². The molecular weight excluding hydrogens is 286 g/mol. The summed E-state index contributed by atoms with van der Waals surface area (Å²) in [6, 6.07) is 8.39. The lowest BCUT2D eigenvalue weighted by molar-refractivity contribution is 0.563. The molecule has 0 saturated carbocycles. The van der Waals surface area contributed by atoms with Gasteiger partial charge >= 0.3 is 0 Å². The van der Waals surface area contributed by atoms with E-state index in [2.05, 4.69) is 14.9 Å². The number of rotatable bonds is 4. The quantitative estimate of drug-likeness (QED) is 0.880. The van der Waals surface area contributed by atoms with Crippen LogP contribution in [-0.4, -0.2) is 40.1 Å². The van der Waals surface area contributed by atoms with Crippen molar-refractivity contribution in [2.45, 2.75) is 43.2 Å². The molecule has 2 aliphatic heterocycles. The molecule has 2 N–H and O–H groups in total. The normalized spacial score (nSPS) is 25.9. The van der Waals surface area contributed by atoms with E-state index in [-0.39, 0.29) is 0 Å². The number of anilines is 1. The number of sulfonamides is 1. The fourth-order valence-electron chi connectivity index (χ4n) is 3.38. The van der Waals surface area contributed by atoms with Gasteiger partial charge in [-0.1, -0.05) is 19.1 Å². The molecule has 2 bridgehead atoms. The second-order valence-electron chi connectivity index (χ2n) is 5.84. The molecule has 0 spiro atoms. The molecule has 116 valence electrons. The summed E-state index contributed by atoms with van der Waals surface area (Å²) in [6.07, 6.45) is 3.51. The number of nitrogens with zero attached hydrogens (tertiary/aromatic N) is 1. The fraction of sp³-hybridized carbons (Fsp3) is 0.600. The Kier molecular flexibility index (Phi) is 4.19. The molecule has 21 heavy (non-hydrogen) atoms. The molecule has 0 aromatic heterocycles. The highest BCUT2D eigenvalue weighted by atomic mass is 32.2. The van der Waals surface area contributed by atoms with Crippen LogP contribution in [0.15, 0.2) is 29.2 Å². The van der Waals surface area contributed by atoms with Crippen molar-refractivity contribution in [1.29, 1.82) is 0 Å². The molecule has 0 aliphatic carbocycles. The Balaban J connectivity index is 1.92. The minimum absolute atomic E-state index is 0.393. The predicted molar refractivity (Wildman–Crippen MR) is 84.1 cm³/mol. The van der Waals surface area contributed by atoms with Crippen molar-refractivity contribution < 1.29 is 8.42 Å². The topological polar surface area (TPSA) is 61.4 Å². The first-order valence-corrected chi connectivity index (χ1v) is 9.18. The van der Waals surface area contributed by atoms with Crippen LogP contribution < -0.4 is 14.9 Å². The average molecular weight is 309 g/mol. The van der Waals surface area contributed by atoms with Crippen LogP contribution in [-0.2, 0) is 10.0 Å². The fourth-order valence-corrected chi connectivity index (χ4v) is 4.64. The van der Waals surface area contributed by atoms with E-state index in [9.17, 15) is 8.42 Å². The molecule has 6 heteroatoms. The Bertz CT molecular complexity index is 603. The summed E-state index contributed by atoms with van der Waals surface area (Å²) in [5, 5.41) is 3.63. The van der Waals surface area contributed by atoms with Crippen LogP contribution in [0.25, 0.3) is 0 Å². The van der Waals surface area contributed by atoms with E-state index in [1.165, 1.54) is 12.8 Å². The first-order valence-electron chi connectivity index (χ1n) is 7.70. The minimum Gasteiger partial charge on any atom is -0.369 e. The SMILES string of the molecule is CCNS(=O)(=O)c1ccccc1N1CCC2CCC(C1)N2. The van der Waals surface area contributed by atoms with Crippen LogP contribution in [0.1, 0.15) is 26.2 Å². The Morgan fingerprint density at radius 2 is 2.00 bits per heavy atom. The Hall–Kier alpha value is -1.11. The number of para-hydroxylation sites is 1. The van der Waals surface area contributed by atoms with Crippen LogP contribution in [0.3, 0.4) is 0 Å². The van der Waals surface area contributed by atoms with Gasteiger partial charge in [-0.2, -0.15) is 0 Å². The van der Waals surface area contributed by atoms with Gasteiger partial charge in [-0.05, 0) is 31.4 Å². The maximum absolute atomic E-state index is 12.4. The van der Waals surface area contributed by atoms with Crippen LogP contribution in [0, 0.1) is 0 Å². The second-order valence-corrected chi connectivity index (χ2v) is 7.58. The number of nitrogens with one attached hydrogen (secondary N) is 2. The van der Waals surface area contributed by atoms with Crippen molar-refractivity contribution in [3.05, 3.63) is 24.3 Å². The van der Waals surface area contributed by atoms with Crippen LogP contribution >= 0.6 is 0 Å². The molecule has 0 radical (unpaired) electrons. The van der Waals surface area contributed by atoms with Gasteiger partial charge in [0, 0.05) is 31.7 Å². The van der Waals surface area contributed by atoms with Crippen molar-refractivity contribution in [2.24, 2.45) is 0 Å². The summed E-state index contributed by atoms with van der Waals surface area (Å²) in [4.78, 5) is 2.62. The molecule has 1 aromatic rings. The zero-order chi connectivity index (χ0) is 14.9. The summed E-state index contributed by atoms with van der Waals surface area (Å²) >= 11 is 0. The van der Waals surface area contributed by atoms with E-state index in [0.29, 0.717) is 23.5 Å². The maximum atomic E-state index is 12.4. The van der Waals surface area contributed by atoms with Crippen molar-refractivity contribution >= 4 is 15.7 Å². The molecule has 2 atom stereocenters. The molecule has 1 aromatic carbocycles. The Morgan fingerprint density at radius 1 is 1.24 bits per heavy atom. The Morgan fingerprint density at radius 3 is 2.81 bits per heavy atom. The lowest BCUT2D eigenvalue weighted by Crippen LogP contribution is -2.36. The van der Waals surface area contributed by atoms with Gasteiger partial charge in [0.15, 0.2) is 0 Å². The zero-order valence-corrected chi connectivity index (χ0v) is 13.2. The third-order valence-corrected chi connectivity index (χ3v) is 5.95. The number of fused-ring (bicyclic) bond motifs is 2. The van der Waals surface area contributed by atoms with Crippen molar-refractivity contribution in [1.82, 2.24) is 10.0 Å². The highest BCUT2D eigenvalue weighted by Gasteiger charge is 2.31. The lowest BCUT2D eigenvalue weighted by Gasteiger charge is -2.28. The van der Waals surface area contributed by atoms with Gasteiger partial charge < -0.3 is 10.2 Å². The third-order valence-electron chi connectivity index (χ3n) is 4.35. The smallest absolute Gasteiger partial charge is 0.242 e. The van der Waals surface area contributed by atoms with Gasteiger partial charge in [-0.15, -0.1) is 0 Å². The van der Waals surface area contributed by atoms with Gasteiger partial charge in [0.05, 0.1) is 5.69 Å². The molecule has 5 nitrogen and oxygen atoms in total. The molecule has 2 unspecified atom stereocenters. The van der Waals surface area contributed by atoms with Gasteiger partial charge in [-0.25, -0.2) is 13.1 Å². The molecule has 2 aliphatic rings. The van der Waals surface area contributed by atoms with E-state index in [1.807, 2.05) is 12.1 Å². The van der Waals surface area contributed by atoms with E-state index in [1.54, 1.807) is 19.1 Å². The maximum Gasteiger partial charge on any atom is 0.242 e. The monoisotopic (exact) mass is 309 g/mol. The first kappa shape index (κ1) is 14.8. The van der Waals surface area contributed by atoms with Crippen LogP contribution in [0.5, 0.6) is 0 Å². The number of hydrogen-bond acceptors (Lipinski definition) is 4. The Labute approximate surface area is 126 Å². The first-order chi connectivity index (χ1) is 10.1. The number of hydrogen-bond donors (Lipinski definition) is 2. The standard InChI is InChI=1S/C15H23N3O2S/c1-2-16-21(19,20)15-6-4-3-5-14(15)18-10-9-12-7-8-13(11-18)17-12/h3-6,12-13,16-17H,2,7-11H2,1H3. The van der Waals surface area contributed by atoms with Gasteiger partial charge in [0.2, 0.25) is 10.0 Å². The van der Waals surface area contributed by atoms with E-state index >= 15 is 0 Å². The second kappa shape index (κ2) is 5.94. The van der Waals surface area contributed by atoms with Gasteiger partial charge in [-0.3, -0.25) is 0 Å². The zero-order valence-electron chi connectivity index (χ0n) is 12.4.